The molecule has 0 aromatic rings. The molecular formula is C15H29O6P. The van der Waals surface area contributed by atoms with E-state index in [0.29, 0.717) is 0 Å². The van der Waals surface area contributed by atoms with Gasteiger partial charge in [-0.15, -0.1) is 0 Å². The molecule has 0 aliphatic rings. The van der Waals surface area contributed by atoms with E-state index in [0.717, 1.165) is 19.3 Å². The van der Waals surface area contributed by atoms with Crippen molar-refractivity contribution >= 4 is 13.8 Å². The number of hydrogen-bond donors (Lipinski definition) is 1. The van der Waals surface area contributed by atoms with Gasteiger partial charge in [0, 0.05) is 5.57 Å². The molecule has 0 saturated carbocycles. The van der Waals surface area contributed by atoms with E-state index >= 15 is 0 Å². The second-order valence-corrected chi connectivity index (χ2v) is 6.63. The highest BCUT2D eigenvalue weighted by molar-refractivity contribution is 7.47. The molecule has 1 unspecified atom stereocenters. The fraction of sp³-hybridized carbons (Fsp3) is 0.800. The number of carbonyl (C=O) groups is 1. The molecular weight excluding hydrogens is 307 g/mol. The summed E-state index contributed by atoms with van der Waals surface area (Å²) in [5.74, 6) is -0.555. The maximum atomic E-state index is 11.5. The van der Waals surface area contributed by atoms with Crippen molar-refractivity contribution in [3.8, 4) is 0 Å². The van der Waals surface area contributed by atoms with Gasteiger partial charge in [-0.25, -0.2) is 9.36 Å². The van der Waals surface area contributed by atoms with Gasteiger partial charge in [0.15, 0.2) is 0 Å². The quantitative estimate of drug-likeness (QED) is 0.223. The Labute approximate surface area is 133 Å². The average molecular weight is 336 g/mol. The molecule has 0 aliphatic heterocycles. The molecule has 0 heterocycles. The Morgan fingerprint density at radius 1 is 1.00 bits per heavy atom. The molecule has 22 heavy (non-hydrogen) atoms. The van der Waals surface area contributed by atoms with Crippen LogP contribution in [0, 0.1) is 0 Å². The van der Waals surface area contributed by atoms with Crippen LogP contribution < -0.4 is 0 Å². The first-order chi connectivity index (χ1) is 10.4. The highest BCUT2D eigenvalue weighted by atomic mass is 31.2. The zero-order valence-electron chi connectivity index (χ0n) is 13.7. The van der Waals surface area contributed by atoms with Gasteiger partial charge in [-0.1, -0.05) is 52.0 Å². The van der Waals surface area contributed by atoms with Crippen LogP contribution in [0.4, 0.5) is 0 Å². The van der Waals surface area contributed by atoms with E-state index in [1.165, 1.54) is 32.6 Å². The Morgan fingerprint density at radius 3 is 2.14 bits per heavy atom. The second kappa shape index (κ2) is 12.8. The van der Waals surface area contributed by atoms with Crippen molar-refractivity contribution in [2.75, 3.05) is 19.8 Å². The van der Waals surface area contributed by atoms with E-state index < -0.39 is 13.8 Å². The lowest BCUT2D eigenvalue weighted by Gasteiger charge is -2.12. The van der Waals surface area contributed by atoms with E-state index in [4.69, 9.17) is 13.8 Å². The summed E-state index contributed by atoms with van der Waals surface area (Å²) in [6.07, 6.45) is 7.71. The SMILES string of the molecule is C=C(C)C(=O)OCCOP(=O)(O)OCCCCCCCCC. The average Bonchev–Trinajstić information content (AvgIpc) is 2.46. The van der Waals surface area contributed by atoms with E-state index in [2.05, 4.69) is 13.5 Å². The number of phosphoric ester groups is 1. The lowest BCUT2D eigenvalue weighted by molar-refractivity contribution is -0.139. The van der Waals surface area contributed by atoms with Crippen molar-refractivity contribution in [3.05, 3.63) is 12.2 Å². The molecule has 0 saturated heterocycles. The van der Waals surface area contributed by atoms with Crippen LogP contribution in [0.5, 0.6) is 0 Å². The van der Waals surface area contributed by atoms with E-state index in [1.807, 2.05) is 0 Å². The Bertz CT molecular complexity index is 369. The van der Waals surface area contributed by atoms with Gasteiger partial charge in [0.1, 0.15) is 6.61 Å². The molecule has 7 heteroatoms. The Morgan fingerprint density at radius 2 is 1.55 bits per heavy atom. The number of esters is 1. The minimum atomic E-state index is -4.06. The highest BCUT2D eigenvalue weighted by Crippen LogP contribution is 2.43. The van der Waals surface area contributed by atoms with E-state index in [-0.39, 0.29) is 25.4 Å². The lowest BCUT2D eigenvalue weighted by Crippen LogP contribution is -2.10. The standard InChI is InChI=1S/C15H29O6P/c1-4-5-6-7-8-9-10-11-20-22(17,18)21-13-12-19-15(16)14(2)3/h2,4-13H2,1,3H3,(H,17,18). The number of rotatable bonds is 14. The van der Waals surface area contributed by atoms with Gasteiger partial charge in [-0.2, -0.15) is 0 Å². The summed E-state index contributed by atoms with van der Waals surface area (Å²) in [5, 5.41) is 0. The molecule has 130 valence electrons. The zero-order chi connectivity index (χ0) is 16.8. The molecule has 0 amide bonds. The predicted molar refractivity (Wildman–Crippen MR) is 85.5 cm³/mol. The van der Waals surface area contributed by atoms with Crippen molar-refractivity contribution < 1.29 is 28.0 Å². The zero-order valence-corrected chi connectivity index (χ0v) is 14.6. The maximum absolute atomic E-state index is 11.5. The summed E-state index contributed by atoms with van der Waals surface area (Å²) in [6.45, 7) is 6.99. The largest absolute Gasteiger partial charge is 0.472 e. The third-order valence-electron chi connectivity index (χ3n) is 2.92. The molecule has 0 radical (unpaired) electrons. The Kier molecular flexibility index (Phi) is 12.4. The van der Waals surface area contributed by atoms with Crippen LogP contribution in [0.15, 0.2) is 12.2 Å². The fourth-order valence-corrected chi connectivity index (χ4v) is 2.43. The monoisotopic (exact) mass is 336 g/mol. The van der Waals surface area contributed by atoms with Crippen LogP contribution in [-0.4, -0.2) is 30.7 Å². The van der Waals surface area contributed by atoms with Crippen molar-refractivity contribution in [2.24, 2.45) is 0 Å². The van der Waals surface area contributed by atoms with Crippen molar-refractivity contribution in [1.29, 1.82) is 0 Å². The third-order valence-corrected chi connectivity index (χ3v) is 3.94. The Balaban J connectivity index is 3.55. The van der Waals surface area contributed by atoms with Crippen molar-refractivity contribution in [3.63, 3.8) is 0 Å². The molecule has 0 spiro atoms. The van der Waals surface area contributed by atoms with Crippen LogP contribution in [0.2, 0.25) is 0 Å². The maximum Gasteiger partial charge on any atom is 0.472 e. The first-order valence-electron chi connectivity index (χ1n) is 7.83. The van der Waals surface area contributed by atoms with Crippen molar-refractivity contribution in [1.82, 2.24) is 0 Å². The predicted octanol–water partition coefficient (Wildman–Crippen LogP) is 3.99. The molecule has 6 nitrogen and oxygen atoms in total. The number of phosphoric acid groups is 1. The number of unbranched alkanes of at least 4 members (excludes halogenated alkanes) is 6. The Hall–Kier alpha value is -0.680. The van der Waals surface area contributed by atoms with E-state index in [9.17, 15) is 14.3 Å². The smallest absolute Gasteiger partial charge is 0.460 e. The normalized spacial score (nSPS) is 13.6. The topological polar surface area (TPSA) is 82.1 Å². The molecule has 0 aromatic carbocycles. The van der Waals surface area contributed by atoms with Crippen LogP contribution in [0.25, 0.3) is 0 Å². The van der Waals surface area contributed by atoms with Crippen LogP contribution in [0.1, 0.15) is 58.8 Å². The number of hydrogen-bond acceptors (Lipinski definition) is 5. The summed E-state index contributed by atoms with van der Waals surface area (Å²) in [6, 6.07) is 0. The van der Waals surface area contributed by atoms with Gasteiger partial charge < -0.3 is 9.63 Å². The molecule has 1 N–H and O–H groups in total. The number of carbonyl (C=O) groups excluding carboxylic acids is 1. The lowest BCUT2D eigenvalue weighted by atomic mass is 10.1. The van der Waals surface area contributed by atoms with Gasteiger partial charge in [0.25, 0.3) is 0 Å². The summed E-state index contributed by atoms with van der Waals surface area (Å²) >= 11 is 0. The summed E-state index contributed by atoms with van der Waals surface area (Å²) < 4.78 is 25.8. The minimum Gasteiger partial charge on any atom is -0.460 e. The molecule has 0 bridgehead atoms. The van der Waals surface area contributed by atoms with Crippen LogP contribution in [-0.2, 0) is 23.1 Å². The molecule has 0 rings (SSSR count). The molecule has 0 aromatic heterocycles. The molecule has 0 aliphatic carbocycles. The number of ether oxygens (including phenoxy) is 1. The van der Waals surface area contributed by atoms with Crippen LogP contribution >= 0.6 is 7.82 Å². The third kappa shape index (κ3) is 13.0. The first kappa shape index (κ1) is 21.3. The van der Waals surface area contributed by atoms with Gasteiger partial charge in [-0.05, 0) is 13.3 Å². The second-order valence-electron chi connectivity index (χ2n) is 5.17. The first-order valence-corrected chi connectivity index (χ1v) is 9.33. The molecule has 1 atom stereocenters. The minimum absolute atomic E-state index is 0.114. The van der Waals surface area contributed by atoms with Crippen molar-refractivity contribution in [2.45, 2.75) is 58.8 Å². The van der Waals surface area contributed by atoms with Gasteiger partial charge in [0.2, 0.25) is 0 Å². The van der Waals surface area contributed by atoms with E-state index in [1.54, 1.807) is 0 Å². The summed E-state index contributed by atoms with van der Waals surface area (Å²) in [4.78, 5) is 20.5. The summed E-state index contributed by atoms with van der Waals surface area (Å²) in [7, 11) is -4.06. The van der Waals surface area contributed by atoms with Gasteiger partial charge >= 0.3 is 13.8 Å². The van der Waals surface area contributed by atoms with Gasteiger partial charge in [-0.3, -0.25) is 9.05 Å². The van der Waals surface area contributed by atoms with Crippen LogP contribution in [0.3, 0.4) is 0 Å². The molecule has 0 fully saturated rings. The fourth-order valence-electron chi connectivity index (χ4n) is 1.69. The highest BCUT2D eigenvalue weighted by Gasteiger charge is 2.20. The summed E-state index contributed by atoms with van der Waals surface area (Å²) in [5.41, 5.74) is 0.266. The van der Waals surface area contributed by atoms with Gasteiger partial charge in [0.05, 0.1) is 13.2 Å².